The van der Waals surface area contributed by atoms with Crippen molar-refractivity contribution in [1.29, 1.82) is 0 Å². The van der Waals surface area contributed by atoms with Crippen LogP contribution >= 0.6 is 23.2 Å². The molecule has 2 aromatic carbocycles. The average molecular weight is 545 g/mol. The summed E-state index contributed by atoms with van der Waals surface area (Å²) >= 11 is 11.4. The van der Waals surface area contributed by atoms with Gasteiger partial charge >= 0.3 is 207 Å². The average Bonchev–Trinajstić information content (AvgIpc) is 3.10. The van der Waals surface area contributed by atoms with Crippen LogP contribution in [0.3, 0.4) is 0 Å². The van der Waals surface area contributed by atoms with Gasteiger partial charge in [0.25, 0.3) is 0 Å². The first-order valence-electron chi connectivity index (χ1n) is 11.0. The molecule has 4 rings (SSSR count). The Balaban J connectivity index is 2.03. The van der Waals surface area contributed by atoms with Gasteiger partial charge in [-0.15, -0.1) is 0 Å². The summed E-state index contributed by atoms with van der Waals surface area (Å²) in [7, 11) is 0. The van der Waals surface area contributed by atoms with Gasteiger partial charge in [-0.05, 0) is 0 Å². The quantitative estimate of drug-likeness (QED) is 0.338. The summed E-state index contributed by atoms with van der Waals surface area (Å²) in [6.07, 6.45) is 0. The van der Waals surface area contributed by atoms with E-state index in [1.54, 1.807) is 11.1 Å². The Morgan fingerprint density at radius 3 is 2.06 bits per heavy atom. The molecule has 0 radical (unpaired) electrons. The van der Waals surface area contributed by atoms with Crippen LogP contribution in [-0.2, 0) is 20.4 Å². The molecule has 2 aliphatic rings. The van der Waals surface area contributed by atoms with E-state index in [2.05, 4.69) is 84.1 Å². The molecule has 31 heavy (non-hydrogen) atoms. The first kappa shape index (κ1) is 23.5. The standard InChI is InChI=1S/C16H11Cl2.C9H13.C2H6Si.Zr/c1-10-7-13-14(8-12(17)9-15(13)18)16(10)11-5-3-2-4-6-11;1-6-5-7(2)9(4)8(6)3;1-3-2;/h2-9H,1H3;6H,1-4H3;1-2H3;. The number of halogens is 2. The summed E-state index contributed by atoms with van der Waals surface area (Å²) in [5, 5.41) is 1.58. The van der Waals surface area contributed by atoms with Crippen molar-refractivity contribution >= 4 is 34.2 Å². The van der Waals surface area contributed by atoms with Crippen molar-refractivity contribution < 1.29 is 20.4 Å². The first-order chi connectivity index (χ1) is 14.6. The van der Waals surface area contributed by atoms with Gasteiger partial charge in [0, 0.05) is 0 Å². The topological polar surface area (TPSA) is 0 Å². The molecule has 2 aliphatic carbocycles. The van der Waals surface area contributed by atoms with Crippen LogP contribution in [-0.4, -0.2) is 5.43 Å². The van der Waals surface area contributed by atoms with Gasteiger partial charge in [-0.2, -0.15) is 0 Å². The predicted molar refractivity (Wildman–Crippen MR) is 135 cm³/mol. The molecule has 4 heteroatoms. The fourth-order valence-corrected chi connectivity index (χ4v) is 27.0. The zero-order chi connectivity index (χ0) is 22.6. The number of hydrogen-bond acceptors (Lipinski definition) is 0. The van der Waals surface area contributed by atoms with E-state index >= 15 is 0 Å². The van der Waals surface area contributed by atoms with E-state index in [-0.39, 0.29) is 0 Å². The zero-order valence-electron chi connectivity index (χ0n) is 19.5. The second kappa shape index (κ2) is 8.94. The first-order valence-corrected chi connectivity index (χ1v) is 20.6. The molecule has 0 spiro atoms. The molecule has 160 valence electrons. The summed E-state index contributed by atoms with van der Waals surface area (Å²) in [4.78, 5) is 0. The fourth-order valence-electron chi connectivity index (χ4n) is 5.52. The molecule has 0 amide bonds. The number of hydrogen-bond donors (Lipinski definition) is 0. The van der Waals surface area contributed by atoms with E-state index in [4.69, 9.17) is 23.2 Å². The molecule has 0 N–H and O–H groups in total. The Hall–Kier alpha value is -0.660. The fraction of sp³-hybridized carbons (Fsp3) is 0.333. The van der Waals surface area contributed by atoms with E-state index in [9.17, 15) is 0 Å². The van der Waals surface area contributed by atoms with Crippen LogP contribution in [0.5, 0.6) is 0 Å². The van der Waals surface area contributed by atoms with Crippen LogP contribution < -0.4 is 0 Å². The van der Waals surface area contributed by atoms with E-state index < -0.39 is 25.8 Å². The third-order valence-electron chi connectivity index (χ3n) is 7.30. The second-order valence-electron chi connectivity index (χ2n) is 9.19. The van der Waals surface area contributed by atoms with Crippen LogP contribution in [0.25, 0.3) is 5.57 Å². The molecule has 2 aromatic rings. The van der Waals surface area contributed by atoms with Crippen molar-refractivity contribution in [3.05, 3.63) is 94.8 Å². The van der Waals surface area contributed by atoms with Gasteiger partial charge in [0.2, 0.25) is 0 Å². The summed E-state index contributed by atoms with van der Waals surface area (Å²) in [6.45, 7) is 16.9. The molecular weight excluding hydrogens is 515 g/mol. The Labute approximate surface area is 205 Å². The Bertz CT molecular complexity index is 1210. The minimum absolute atomic E-state index is 0.469. The molecule has 0 nitrogen and oxygen atoms in total. The van der Waals surface area contributed by atoms with Crippen LogP contribution in [0, 0.1) is 5.92 Å². The van der Waals surface area contributed by atoms with E-state index in [0.717, 1.165) is 10.0 Å². The molecule has 0 aromatic heterocycles. The van der Waals surface area contributed by atoms with Gasteiger partial charge in [0.05, 0.1) is 0 Å². The van der Waals surface area contributed by atoms with Gasteiger partial charge in [-0.1, -0.05) is 0 Å². The van der Waals surface area contributed by atoms with Crippen LogP contribution in [0.1, 0.15) is 54.9 Å². The van der Waals surface area contributed by atoms with Gasteiger partial charge in [-0.3, -0.25) is 0 Å². The zero-order valence-corrected chi connectivity index (χ0v) is 24.4. The van der Waals surface area contributed by atoms with Gasteiger partial charge in [0.15, 0.2) is 0 Å². The van der Waals surface area contributed by atoms with Gasteiger partial charge < -0.3 is 0 Å². The van der Waals surface area contributed by atoms with E-state index in [1.165, 1.54) is 33.4 Å². The van der Waals surface area contributed by atoms with Gasteiger partial charge in [0.1, 0.15) is 0 Å². The number of rotatable bonds is 3. The SMILES string of the molecule is CC1=C(C)C(C)[C]([Zr]([CH]2C(C)=C(c3ccccc3)c3cc(Cl)cc(Cl)c32)=[Si](C)C)=C1C. The van der Waals surface area contributed by atoms with Crippen molar-refractivity contribution in [2.24, 2.45) is 5.92 Å². The molecule has 0 bridgehead atoms. The molecule has 0 heterocycles. The van der Waals surface area contributed by atoms with Crippen molar-refractivity contribution in [3.63, 3.8) is 0 Å². The Morgan fingerprint density at radius 2 is 1.52 bits per heavy atom. The molecule has 0 fully saturated rings. The number of allylic oxidation sites excluding steroid dienone is 5. The monoisotopic (exact) mass is 542 g/mol. The van der Waals surface area contributed by atoms with Crippen LogP contribution in [0.15, 0.2) is 68.0 Å². The van der Waals surface area contributed by atoms with Crippen molar-refractivity contribution in [2.45, 2.75) is 51.3 Å². The van der Waals surface area contributed by atoms with Crippen LogP contribution in [0.4, 0.5) is 0 Å². The summed E-state index contributed by atoms with van der Waals surface area (Å²) < 4.78 is 2.32. The maximum absolute atomic E-state index is 6.98. The molecule has 2 atom stereocenters. The van der Waals surface area contributed by atoms with Crippen molar-refractivity contribution in [3.8, 4) is 0 Å². The van der Waals surface area contributed by atoms with E-state index in [1.807, 2.05) is 9.35 Å². The van der Waals surface area contributed by atoms with Crippen molar-refractivity contribution in [2.75, 3.05) is 0 Å². The third kappa shape index (κ3) is 3.86. The summed E-state index contributed by atoms with van der Waals surface area (Å²) in [5.41, 5.74) is 11.0. The molecular formula is C27H30Cl2SiZr. The van der Waals surface area contributed by atoms with Crippen molar-refractivity contribution in [1.82, 2.24) is 0 Å². The third-order valence-corrected chi connectivity index (χ3v) is 26.8. The molecule has 0 saturated carbocycles. The summed E-state index contributed by atoms with van der Waals surface area (Å²) in [6, 6.07) is 14.9. The van der Waals surface area contributed by atoms with E-state index in [0.29, 0.717) is 9.54 Å². The number of benzene rings is 2. The van der Waals surface area contributed by atoms with Gasteiger partial charge in [-0.25, -0.2) is 0 Å². The van der Waals surface area contributed by atoms with Crippen LogP contribution in [0.2, 0.25) is 23.1 Å². The molecule has 0 aliphatic heterocycles. The normalized spacial score (nSPS) is 20.7. The number of fused-ring (bicyclic) bond motifs is 1. The predicted octanol–water partition coefficient (Wildman–Crippen LogP) is 9.00. The second-order valence-corrected chi connectivity index (χ2v) is 27.4. The Morgan fingerprint density at radius 1 is 0.871 bits per heavy atom. The minimum atomic E-state index is -2.12. The molecule has 2 unspecified atom stereocenters. The molecule has 0 saturated heterocycles. The maximum atomic E-state index is 6.98. The summed E-state index contributed by atoms with van der Waals surface area (Å²) in [5.74, 6) is 0.581. The Kier molecular flexibility index (Phi) is 6.78.